The van der Waals surface area contributed by atoms with Gasteiger partial charge in [-0.15, -0.1) is 11.3 Å². The summed E-state index contributed by atoms with van der Waals surface area (Å²) >= 11 is 1.24. The molecule has 0 radical (unpaired) electrons. The first-order valence-corrected chi connectivity index (χ1v) is 4.12. The van der Waals surface area contributed by atoms with Gasteiger partial charge in [-0.3, -0.25) is 4.79 Å². The molecule has 0 aliphatic rings. The van der Waals surface area contributed by atoms with Gasteiger partial charge >= 0.3 is 0 Å². The zero-order chi connectivity index (χ0) is 8.55. The number of aromatic amines is 1. The van der Waals surface area contributed by atoms with Crippen LogP contribution in [0.2, 0.25) is 0 Å². The van der Waals surface area contributed by atoms with Crippen LogP contribution in [0.1, 0.15) is 5.69 Å². The van der Waals surface area contributed by atoms with Crippen molar-refractivity contribution in [1.82, 2.24) is 15.2 Å². The molecule has 0 bridgehead atoms. The van der Waals surface area contributed by atoms with Gasteiger partial charge in [-0.1, -0.05) is 0 Å². The van der Waals surface area contributed by atoms with Crippen molar-refractivity contribution in [3.05, 3.63) is 21.6 Å². The third-order valence-corrected chi connectivity index (χ3v) is 2.31. The minimum Gasteiger partial charge on any atom is -0.390 e. The van der Waals surface area contributed by atoms with Crippen molar-refractivity contribution in [2.24, 2.45) is 0 Å². The van der Waals surface area contributed by atoms with Gasteiger partial charge < -0.3 is 5.11 Å². The van der Waals surface area contributed by atoms with Crippen LogP contribution < -0.4 is 5.56 Å². The third kappa shape index (κ3) is 0.926. The number of hydrogen-bond acceptors (Lipinski definition) is 5. The van der Waals surface area contributed by atoms with E-state index in [1.807, 2.05) is 0 Å². The molecule has 0 saturated carbocycles. The molecule has 5 nitrogen and oxygen atoms in total. The second kappa shape index (κ2) is 2.65. The lowest BCUT2D eigenvalue weighted by Gasteiger charge is -1.93. The van der Waals surface area contributed by atoms with Crippen LogP contribution in [0.15, 0.2) is 10.3 Å². The smallest absolute Gasteiger partial charge is 0.283 e. The summed E-state index contributed by atoms with van der Waals surface area (Å²) in [6, 6.07) is 0. The molecule has 0 unspecified atom stereocenters. The lowest BCUT2D eigenvalue weighted by Crippen LogP contribution is -2.09. The zero-order valence-electron chi connectivity index (χ0n) is 5.94. The highest BCUT2D eigenvalue weighted by molar-refractivity contribution is 7.16. The van der Waals surface area contributed by atoms with E-state index in [2.05, 4.69) is 15.2 Å². The molecule has 2 heterocycles. The second-order valence-corrected chi connectivity index (χ2v) is 3.04. The number of nitrogens with one attached hydrogen (secondary N) is 1. The normalized spacial score (nSPS) is 10.8. The van der Waals surface area contributed by atoms with E-state index in [1.54, 1.807) is 5.51 Å². The summed E-state index contributed by atoms with van der Waals surface area (Å²) < 4.78 is 0.508. The van der Waals surface area contributed by atoms with Gasteiger partial charge in [-0.05, 0) is 0 Å². The number of hydrogen-bond donors (Lipinski definition) is 2. The Labute approximate surface area is 70.7 Å². The van der Waals surface area contributed by atoms with Crippen molar-refractivity contribution in [3.63, 3.8) is 0 Å². The number of rotatable bonds is 1. The zero-order valence-corrected chi connectivity index (χ0v) is 6.76. The summed E-state index contributed by atoms with van der Waals surface area (Å²) in [5.74, 6) is 0. The van der Waals surface area contributed by atoms with Crippen molar-refractivity contribution < 1.29 is 5.11 Å². The maximum Gasteiger partial charge on any atom is 0.283 e. The quantitative estimate of drug-likeness (QED) is 0.645. The predicted molar refractivity (Wildman–Crippen MR) is 44.0 cm³/mol. The number of aliphatic hydroxyl groups is 1. The molecule has 0 spiro atoms. The first kappa shape index (κ1) is 7.38. The van der Waals surface area contributed by atoms with Crippen molar-refractivity contribution >= 4 is 21.6 Å². The Balaban J connectivity index is 2.92. The molecular weight excluding hydrogens is 178 g/mol. The van der Waals surface area contributed by atoms with E-state index in [-0.39, 0.29) is 12.2 Å². The van der Waals surface area contributed by atoms with Gasteiger partial charge in [0.2, 0.25) is 0 Å². The van der Waals surface area contributed by atoms with Crippen LogP contribution in [-0.2, 0) is 6.61 Å². The molecule has 0 saturated heterocycles. The van der Waals surface area contributed by atoms with Crippen LogP contribution in [-0.4, -0.2) is 20.3 Å². The highest BCUT2D eigenvalue weighted by Crippen LogP contribution is 2.14. The molecule has 2 rings (SSSR count). The van der Waals surface area contributed by atoms with E-state index in [1.165, 1.54) is 11.3 Å². The SMILES string of the molecule is O=c1[nH]nc(CO)c2ncsc12. The molecule has 0 atom stereocenters. The number of H-pyrrole nitrogens is 1. The summed E-state index contributed by atoms with van der Waals surface area (Å²) in [6.07, 6.45) is 0. The molecular formula is C6H5N3O2S. The Bertz CT molecular complexity index is 461. The molecule has 2 N–H and O–H groups in total. The summed E-state index contributed by atoms with van der Waals surface area (Å²) in [5, 5.41) is 14.8. The monoisotopic (exact) mass is 183 g/mol. The van der Waals surface area contributed by atoms with Crippen LogP contribution >= 0.6 is 11.3 Å². The van der Waals surface area contributed by atoms with Gasteiger partial charge in [0.05, 0.1) is 12.1 Å². The number of thiazole rings is 1. The van der Waals surface area contributed by atoms with E-state index in [0.29, 0.717) is 15.9 Å². The van der Waals surface area contributed by atoms with Gasteiger partial charge in [-0.2, -0.15) is 5.10 Å². The number of nitrogens with zero attached hydrogens (tertiary/aromatic N) is 2. The molecule has 62 valence electrons. The van der Waals surface area contributed by atoms with Crippen molar-refractivity contribution in [2.45, 2.75) is 6.61 Å². The van der Waals surface area contributed by atoms with Crippen molar-refractivity contribution in [1.29, 1.82) is 0 Å². The fourth-order valence-corrected chi connectivity index (χ4v) is 1.64. The summed E-state index contributed by atoms with van der Waals surface area (Å²) in [4.78, 5) is 15.0. The number of aromatic nitrogens is 3. The molecule has 2 aromatic rings. The van der Waals surface area contributed by atoms with Gasteiger partial charge in [0.25, 0.3) is 5.56 Å². The molecule has 6 heteroatoms. The fraction of sp³-hybridized carbons (Fsp3) is 0.167. The minimum atomic E-state index is -0.260. The van der Waals surface area contributed by atoms with Crippen LogP contribution in [0.25, 0.3) is 10.2 Å². The van der Waals surface area contributed by atoms with E-state index in [0.717, 1.165) is 0 Å². The summed E-state index contributed by atoms with van der Waals surface area (Å²) in [7, 11) is 0. The first-order valence-electron chi connectivity index (χ1n) is 3.24. The highest BCUT2D eigenvalue weighted by atomic mass is 32.1. The first-order chi connectivity index (χ1) is 5.83. The lowest BCUT2D eigenvalue weighted by molar-refractivity contribution is 0.277. The number of aliphatic hydroxyl groups excluding tert-OH is 1. The van der Waals surface area contributed by atoms with Crippen LogP contribution in [0.5, 0.6) is 0 Å². The minimum absolute atomic E-state index is 0.211. The molecule has 0 fully saturated rings. The second-order valence-electron chi connectivity index (χ2n) is 2.19. The molecule has 12 heavy (non-hydrogen) atoms. The summed E-state index contributed by atoms with van der Waals surface area (Å²) in [5.41, 5.74) is 2.20. The molecule has 2 aromatic heterocycles. The van der Waals surface area contributed by atoms with Crippen molar-refractivity contribution in [2.75, 3.05) is 0 Å². The molecule has 0 aliphatic carbocycles. The maximum atomic E-state index is 11.1. The van der Waals surface area contributed by atoms with E-state index in [4.69, 9.17) is 5.11 Å². The Kier molecular flexibility index (Phi) is 1.63. The van der Waals surface area contributed by atoms with E-state index >= 15 is 0 Å². The Morgan fingerprint density at radius 2 is 2.50 bits per heavy atom. The van der Waals surface area contributed by atoms with Gasteiger partial charge in [0, 0.05) is 0 Å². The fourth-order valence-electron chi connectivity index (χ4n) is 0.945. The largest absolute Gasteiger partial charge is 0.390 e. The number of fused-ring (bicyclic) bond motifs is 1. The Hall–Kier alpha value is -1.27. The maximum absolute atomic E-state index is 11.1. The molecule has 0 amide bonds. The topological polar surface area (TPSA) is 78.9 Å². The highest BCUT2D eigenvalue weighted by Gasteiger charge is 2.07. The van der Waals surface area contributed by atoms with Gasteiger partial charge in [-0.25, -0.2) is 10.1 Å². The Morgan fingerprint density at radius 3 is 3.25 bits per heavy atom. The average Bonchev–Trinajstić information content (AvgIpc) is 2.54. The third-order valence-electron chi connectivity index (χ3n) is 1.49. The van der Waals surface area contributed by atoms with Crippen LogP contribution in [0.3, 0.4) is 0 Å². The molecule has 0 aliphatic heterocycles. The Morgan fingerprint density at radius 1 is 1.67 bits per heavy atom. The lowest BCUT2D eigenvalue weighted by atomic mass is 10.4. The summed E-state index contributed by atoms with van der Waals surface area (Å²) in [6.45, 7) is -0.211. The average molecular weight is 183 g/mol. The van der Waals surface area contributed by atoms with Gasteiger partial charge in [0.1, 0.15) is 15.9 Å². The molecule has 0 aromatic carbocycles. The standard InChI is InChI=1S/C6H5N3O2S/c10-1-3-4-5(12-2-7-4)6(11)9-8-3/h2,10H,1H2,(H,9,11). The predicted octanol–water partition coefficient (Wildman–Crippen LogP) is -0.128. The van der Waals surface area contributed by atoms with Crippen molar-refractivity contribution in [3.8, 4) is 0 Å². The van der Waals surface area contributed by atoms with E-state index in [9.17, 15) is 4.79 Å². The van der Waals surface area contributed by atoms with Crippen LogP contribution in [0, 0.1) is 0 Å². The van der Waals surface area contributed by atoms with Crippen LogP contribution in [0.4, 0.5) is 0 Å². The van der Waals surface area contributed by atoms with E-state index < -0.39 is 0 Å². The van der Waals surface area contributed by atoms with Gasteiger partial charge in [0.15, 0.2) is 0 Å².